The molecule has 0 atom stereocenters. The van der Waals surface area contributed by atoms with Gasteiger partial charge in [-0.05, 0) is 25.1 Å². The van der Waals surface area contributed by atoms with E-state index in [1.165, 1.54) is 24.3 Å². The van der Waals surface area contributed by atoms with Crippen molar-refractivity contribution in [3.63, 3.8) is 0 Å². The Hall–Kier alpha value is -1.99. The highest BCUT2D eigenvalue weighted by atomic mass is 35.5. The molecule has 0 bridgehead atoms. The first-order valence-corrected chi connectivity index (χ1v) is 5.19. The summed E-state index contributed by atoms with van der Waals surface area (Å²) in [6.07, 6.45) is 0. The highest BCUT2D eigenvalue weighted by Gasteiger charge is 2.09. The minimum atomic E-state index is -0.434. The van der Waals surface area contributed by atoms with Crippen LogP contribution in [-0.4, -0.2) is 9.97 Å². The molecule has 0 aliphatic heterocycles. The highest BCUT2D eigenvalue weighted by molar-refractivity contribution is 6.30. The summed E-state index contributed by atoms with van der Waals surface area (Å²) in [5.41, 5.74) is 0.820. The van der Waals surface area contributed by atoms with Gasteiger partial charge in [-0.1, -0.05) is 11.6 Å². The van der Waals surface area contributed by atoms with Crippen LogP contribution in [0.25, 0.3) is 11.3 Å². The first-order chi connectivity index (χ1) is 8.10. The minimum absolute atomic E-state index is 0.201. The van der Waals surface area contributed by atoms with E-state index in [0.717, 1.165) is 0 Å². The molecule has 0 aliphatic rings. The maximum absolute atomic E-state index is 13.6. The van der Waals surface area contributed by atoms with Crippen molar-refractivity contribution in [2.24, 2.45) is 0 Å². The Bertz CT molecular complexity index is 620. The van der Waals surface area contributed by atoms with E-state index in [-0.39, 0.29) is 11.3 Å². The van der Waals surface area contributed by atoms with Crippen molar-refractivity contribution < 1.29 is 4.39 Å². The maximum Gasteiger partial charge on any atom is 0.144 e. The summed E-state index contributed by atoms with van der Waals surface area (Å²) in [6.45, 7) is 1.65. The standard InChI is InChI=1S/C12H7ClFN3/c1-7-16-9(6-15)5-12(17-7)10-4-8(13)2-3-11(10)14/h2-5H,1H3. The molecule has 17 heavy (non-hydrogen) atoms. The van der Waals surface area contributed by atoms with E-state index in [4.69, 9.17) is 16.9 Å². The molecule has 0 spiro atoms. The van der Waals surface area contributed by atoms with Crippen LogP contribution in [0.3, 0.4) is 0 Å². The van der Waals surface area contributed by atoms with E-state index in [2.05, 4.69) is 9.97 Å². The predicted molar refractivity (Wildman–Crippen MR) is 61.9 cm³/mol. The van der Waals surface area contributed by atoms with Crippen molar-refractivity contribution in [2.45, 2.75) is 6.92 Å². The number of halogens is 2. The van der Waals surface area contributed by atoms with Crippen LogP contribution >= 0.6 is 11.6 Å². The average molecular weight is 248 g/mol. The molecule has 1 aromatic heterocycles. The Kier molecular flexibility index (Phi) is 3.03. The third kappa shape index (κ3) is 2.40. The number of nitrogens with zero attached hydrogens (tertiary/aromatic N) is 3. The zero-order valence-corrected chi connectivity index (χ0v) is 9.66. The van der Waals surface area contributed by atoms with Crippen LogP contribution in [-0.2, 0) is 0 Å². The van der Waals surface area contributed by atoms with Gasteiger partial charge in [0, 0.05) is 16.7 Å². The van der Waals surface area contributed by atoms with Crippen LogP contribution in [0.4, 0.5) is 4.39 Å². The number of rotatable bonds is 1. The molecule has 0 N–H and O–H groups in total. The molecule has 5 heteroatoms. The second-order valence-corrected chi connectivity index (χ2v) is 3.86. The first-order valence-electron chi connectivity index (χ1n) is 4.81. The molecule has 1 aromatic carbocycles. The van der Waals surface area contributed by atoms with Gasteiger partial charge in [0.25, 0.3) is 0 Å². The van der Waals surface area contributed by atoms with Crippen LogP contribution in [0.2, 0.25) is 5.02 Å². The van der Waals surface area contributed by atoms with Gasteiger partial charge in [0.1, 0.15) is 23.4 Å². The predicted octanol–water partition coefficient (Wildman–Crippen LogP) is 3.12. The molecule has 2 rings (SSSR count). The summed E-state index contributed by atoms with van der Waals surface area (Å²) in [5, 5.41) is 9.21. The second kappa shape index (κ2) is 4.48. The SMILES string of the molecule is Cc1nc(C#N)cc(-c2cc(Cl)ccc2F)n1. The average Bonchev–Trinajstić information content (AvgIpc) is 2.31. The Morgan fingerprint density at radius 1 is 1.29 bits per heavy atom. The maximum atomic E-state index is 13.6. The molecule has 0 saturated carbocycles. The van der Waals surface area contributed by atoms with Crippen LogP contribution in [0.5, 0.6) is 0 Å². The van der Waals surface area contributed by atoms with E-state index in [9.17, 15) is 4.39 Å². The lowest BCUT2D eigenvalue weighted by molar-refractivity contribution is 0.630. The monoisotopic (exact) mass is 247 g/mol. The van der Waals surface area contributed by atoms with Crippen LogP contribution < -0.4 is 0 Å². The summed E-state index contributed by atoms with van der Waals surface area (Å²) in [4.78, 5) is 8.00. The summed E-state index contributed by atoms with van der Waals surface area (Å²) in [7, 11) is 0. The molecular formula is C12H7ClFN3. The molecule has 0 aliphatic carbocycles. The lowest BCUT2D eigenvalue weighted by Crippen LogP contribution is -1.96. The fraction of sp³-hybridized carbons (Fsp3) is 0.0833. The molecule has 1 heterocycles. The van der Waals surface area contributed by atoms with Gasteiger partial charge < -0.3 is 0 Å². The van der Waals surface area contributed by atoms with Crippen LogP contribution in [0.15, 0.2) is 24.3 Å². The largest absolute Gasteiger partial charge is 0.233 e. The van der Waals surface area contributed by atoms with E-state index in [1.807, 2.05) is 6.07 Å². The molecular weight excluding hydrogens is 241 g/mol. The molecule has 0 amide bonds. The van der Waals surface area contributed by atoms with Gasteiger partial charge in [0.15, 0.2) is 0 Å². The smallest absolute Gasteiger partial charge is 0.144 e. The third-order valence-electron chi connectivity index (χ3n) is 2.16. The fourth-order valence-electron chi connectivity index (χ4n) is 1.46. The Balaban J connectivity index is 2.64. The van der Waals surface area contributed by atoms with Crippen LogP contribution in [0.1, 0.15) is 11.5 Å². The molecule has 0 saturated heterocycles. The Morgan fingerprint density at radius 3 is 2.76 bits per heavy atom. The van der Waals surface area contributed by atoms with Crippen molar-refractivity contribution >= 4 is 11.6 Å². The zero-order chi connectivity index (χ0) is 12.4. The lowest BCUT2D eigenvalue weighted by atomic mass is 10.1. The normalized spacial score (nSPS) is 10.0. The second-order valence-electron chi connectivity index (χ2n) is 3.42. The van der Waals surface area contributed by atoms with Gasteiger partial charge in [-0.3, -0.25) is 0 Å². The summed E-state index contributed by atoms with van der Waals surface area (Å²) in [6, 6.07) is 7.53. The van der Waals surface area contributed by atoms with E-state index in [0.29, 0.717) is 16.5 Å². The molecule has 84 valence electrons. The van der Waals surface area contributed by atoms with Crippen LogP contribution in [0, 0.1) is 24.1 Å². The Morgan fingerprint density at radius 2 is 2.06 bits per heavy atom. The Labute approximate surface area is 103 Å². The third-order valence-corrected chi connectivity index (χ3v) is 2.39. The number of aromatic nitrogens is 2. The van der Waals surface area contributed by atoms with E-state index in [1.54, 1.807) is 6.92 Å². The fourth-order valence-corrected chi connectivity index (χ4v) is 1.63. The lowest BCUT2D eigenvalue weighted by Gasteiger charge is -2.04. The van der Waals surface area contributed by atoms with Gasteiger partial charge in [-0.2, -0.15) is 5.26 Å². The molecule has 2 aromatic rings. The topological polar surface area (TPSA) is 49.6 Å². The number of hydrogen-bond donors (Lipinski definition) is 0. The van der Waals surface area contributed by atoms with Crippen molar-refractivity contribution in [1.29, 1.82) is 5.26 Å². The summed E-state index contributed by atoms with van der Waals surface area (Å²) >= 11 is 5.81. The molecule has 0 fully saturated rings. The van der Waals surface area contributed by atoms with Crippen molar-refractivity contribution in [2.75, 3.05) is 0 Å². The minimum Gasteiger partial charge on any atom is -0.233 e. The first kappa shape index (κ1) is 11.5. The molecule has 0 radical (unpaired) electrons. The number of aryl methyl sites for hydroxylation is 1. The van der Waals surface area contributed by atoms with Crippen molar-refractivity contribution in [3.8, 4) is 17.3 Å². The van der Waals surface area contributed by atoms with Crippen molar-refractivity contribution in [3.05, 3.63) is 46.6 Å². The van der Waals surface area contributed by atoms with E-state index < -0.39 is 5.82 Å². The summed E-state index contributed by atoms with van der Waals surface area (Å²) in [5.74, 6) is -0.0187. The zero-order valence-electron chi connectivity index (χ0n) is 8.91. The highest BCUT2D eigenvalue weighted by Crippen LogP contribution is 2.24. The quantitative estimate of drug-likeness (QED) is 0.778. The van der Waals surface area contributed by atoms with Gasteiger partial charge in [-0.15, -0.1) is 0 Å². The van der Waals surface area contributed by atoms with E-state index >= 15 is 0 Å². The molecule has 0 unspecified atom stereocenters. The van der Waals surface area contributed by atoms with Crippen molar-refractivity contribution in [1.82, 2.24) is 9.97 Å². The number of hydrogen-bond acceptors (Lipinski definition) is 3. The van der Waals surface area contributed by atoms with Gasteiger partial charge in [-0.25, -0.2) is 14.4 Å². The number of benzene rings is 1. The number of nitriles is 1. The van der Waals surface area contributed by atoms with Gasteiger partial charge in [0.05, 0.1) is 5.69 Å². The molecule has 3 nitrogen and oxygen atoms in total. The van der Waals surface area contributed by atoms with Gasteiger partial charge in [0.2, 0.25) is 0 Å². The van der Waals surface area contributed by atoms with Gasteiger partial charge >= 0.3 is 0 Å². The summed E-state index contributed by atoms with van der Waals surface area (Å²) < 4.78 is 13.6.